The van der Waals surface area contributed by atoms with Crippen molar-refractivity contribution in [2.75, 3.05) is 19.8 Å². The van der Waals surface area contributed by atoms with Gasteiger partial charge in [-0.2, -0.15) is 0 Å². The van der Waals surface area contributed by atoms with Crippen molar-refractivity contribution in [3.05, 3.63) is 108 Å². The molecule has 0 bridgehead atoms. The van der Waals surface area contributed by atoms with E-state index in [0.717, 1.165) is 59.8 Å². The smallest absolute Gasteiger partial charge is 0.338 e. The molecule has 18 heteroatoms. The first-order chi connectivity index (χ1) is 32.2. The monoisotopic (exact) mass is 934 g/mol. The van der Waals surface area contributed by atoms with Gasteiger partial charge in [-0.15, -0.1) is 0 Å². The third-order valence-corrected chi connectivity index (χ3v) is 10.5. The fraction of sp³-hybridized carbons (Fsp3) is 0.490. The number of unbranched alkanes of at least 4 members (excludes halogenated alkanes) is 5. The molecule has 2 heterocycles. The summed E-state index contributed by atoms with van der Waals surface area (Å²) in [5.41, 5.74) is 0.435. The Morgan fingerprint density at radius 3 is 1.40 bits per heavy atom. The van der Waals surface area contributed by atoms with Crippen LogP contribution in [0.3, 0.4) is 0 Å². The van der Waals surface area contributed by atoms with Crippen LogP contribution in [0.15, 0.2) is 91.0 Å². The van der Waals surface area contributed by atoms with Gasteiger partial charge < -0.3 is 52.1 Å². The lowest BCUT2D eigenvalue weighted by Gasteiger charge is -2.30. The molecular formula is C49H58O18. The van der Waals surface area contributed by atoms with Crippen molar-refractivity contribution in [3.8, 4) is 0 Å². The van der Waals surface area contributed by atoms with Crippen LogP contribution in [-0.4, -0.2) is 123 Å². The molecule has 3 aromatic carbocycles. The van der Waals surface area contributed by atoms with Gasteiger partial charge in [0.05, 0.1) is 23.3 Å². The highest BCUT2D eigenvalue weighted by molar-refractivity contribution is 5.91. The van der Waals surface area contributed by atoms with Gasteiger partial charge in [-0.1, -0.05) is 93.6 Å². The predicted octanol–water partition coefficient (Wildman–Crippen LogP) is 5.86. The number of rotatable bonds is 24. The maximum Gasteiger partial charge on any atom is 0.338 e. The summed E-state index contributed by atoms with van der Waals surface area (Å²) in [5.74, 6) is -5.73. The third-order valence-electron chi connectivity index (χ3n) is 10.5. The fourth-order valence-electron chi connectivity index (χ4n) is 7.45. The molecule has 2 fully saturated rings. The summed E-state index contributed by atoms with van der Waals surface area (Å²) < 4.78 is 65.3. The highest BCUT2D eigenvalue weighted by Crippen LogP contribution is 2.35. The Bertz CT molecular complexity index is 2080. The minimum atomic E-state index is -1.65. The van der Waals surface area contributed by atoms with Gasteiger partial charge in [0.25, 0.3) is 0 Å². The molecule has 3 aromatic rings. The molecule has 0 radical (unpaired) electrons. The molecular weight excluding hydrogens is 877 g/mol. The Morgan fingerprint density at radius 1 is 0.463 bits per heavy atom. The van der Waals surface area contributed by atoms with Crippen molar-refractivity contribution >= 4 is 41.8 Å². The molecule has 5 rings (SSSR count). The number of esters is 7. The van der Waals surface area contributed by atoms with E-state index < -0.39 is 116 Å². The van der Waals surface area contributed by atoms with Crippen LogP contribution in [0.4, 0.5) is 0 Å². The number of carbonyl (C=O) groups is 7. The quantitative estimate of drug-likeness (QED) is 0.0583. The summed E-state index contributed by atoms with van der Waals surface area (Å²) in [6.45, 7) is 5.44. The van der Waals surface area contributed by atoms with Gasteiger partial charge in [0.2, 0.25) is 0 Å². The molecule has 10 atom stereocenters. The van der Waals surface area contributed by atoms with Crippen molar-refractivity contribution in [2.24, 2.45) is 0 Å². The lowest BCUT2D eigenvalue weighted by atomic mass is 10.0. The molecule has 362 valence electrons. The van der Waals surface area contributed by atoms with E-state index in [1.54, 1.807) is 66.7 Å². The Labute approximate surface area is 388 Å². The molecule has 0 spiro atoms. The average molecular weight is 935 g/mol. The van der Waals surface area contributed by atoms with Crippen molar-refractivity contribution < 1.29 is 85.7 Å². The van der Waals surface area contributed by atoms with Crippen LogP contribution in [0.5, 0.6) is 0 Å². The largest absolute Gasteiger partial charge is 0.462 e. The van der Waals surface area contributed by atoms with Crippen molar-refractivity contribution in [1.29, 1.82) is 0 Å². The second-order valence-corrected chi connectivity index (χ2v) is 15.8. The fourth-order valence-corrected chi connectivity index (χ4v) is 7.45. The molecule has 0 saturated carbocycles. The van der Waals surface area contributed by atoms with Crippen LogP contribution in [0.2, 0.25) is 0 Å². The first-order valence-electron chi connectivity index (χ1n) is 22.2. The summed E-state index contributed by atoms with van der Waals surface area (Å²) in [6.07, 6.45) is -9.32. The highest BCUT2D eigenvalue weighted by Gasteiger charge is 2.57. The average Bonchev–Trinajstić information content (AvgIpc) is 3.81. The van der Waals surface area contributed by atoms with E-state index in [9.17, 15) is 33.6 Å². The standard InChI is InChI=1S/C49H58O18/c1-6-7-8-9-10-20-27-57-48-44(65-47(56)36-25-18-13-19-26-36)42(64-46(55)35-23-16-12-17-24-35)40(66-48)38(63-45(54)34-21-14-11-15-22-34)29-59-49-43(62-33(5)53)41(61-32(4)52)39(67-49)37(60-31(3)51)28-58-30(2)50/h11-19,21-26,37-44,48-49H,6-10,20,27-29H2,1-5H3/t37-,38-,39+,40+,41+,42+,43-,44-,48-,49-/m1/s1. The molecule has 0 aliphatic carbocycles. The van der Waals surface area contributed by atoms with Gasteiger partial charge in [-0.3, -0.25) is 19.2 Å². The summed E-state index contributed by atoms with van der Waals surface area (Å²) in [4.78, 5) is 90.8. The summed E-state index contributed by atoms with van der Waals surface area (Å²) in [5, 5.41) is 0. The van der Waals surface area contributed by atoms with E-state index in [1.165, 1.54) is 24.3 Å². The van der Waals surface area contributed by atoms with Gasteiger partial charge in [0.15, 0.2) is 49.2 Å². The summed E-state index contributed by atoms with van der Waals surface area (Å²) >= 11 is 0. The van der Waals surface area contributed by atoms with Crippen LogP contribution >= 0.6 is 0 Å². The number of hydrogen-bond donors (Lipinski definition) is 0. The molecule has 0 amide bonds. The van der Waals surface area contributed by atoms with Crippen molar-refractivity contribution in [3.63, 3.8) is 0 Å². The molecule has 0 N–H and O–H groups in total. The molecule has 67 heavy (non-hydrogen) atoms. The lowest BCUT2D eigenvalue weighted by Crippen LogP contribution is -2.48. The van der Waals surface area contributed by atoms with Crippen LogP contribution < -0.4 is 0 Å². The Morgan fingerprint density at radius 2 is 0.896 bits per heavy atom. The Hall–Kier alpha value is -6.21. The van der Waals surface area contributed by atoms with Gasteiger partial charge in [-0.05, 0) is 42.8 Å². The van der Waals surface area contributed by atoms with Gasteiger partial charge in [0, 0.05) is 34.3 Å². The minimum Gasteiger partial charge on any atom is -0.462 e. The van der Waals surface area contributed by atoms with E-state index in [1.807, 2.05) is 0 Å². The van der Waals surface area contributed by atoms with Crippen molar-refractivity contribution in [2.45, 2.75) is 135 Å². The van der Waals surface area contributed by atoms with E-state index in [2.05, 4.69) is 6.92 Å². The van der Waals surface area contributed by atoms with E-state index in [-0.39, 0.29) is 23.3 Å². The number of ether oxygens (including phenoxy) is 11. The summed E-state index contributed by atoms with van der Waals surface area (Å²) in [7, 11) is 0. The summed E-state index contributed by atoms with van der Waals surface area (Å²) in [6, 6.07) is 24.1. The Kier molecular flexibility index (Phi) is 20.3. The minimum absolute atomic E-state index is 0.117. The van der Waals surface area contributed by atoms with Gasteiger partial charge >= 0.3 is 41.8 Å². The third kappa shape index (κ3) is 15.7. The molecule has 0 unspecified atom stereocenters. The molecule has 2 aliphatic rings. The zero-order valence-electron chi connectivity index (χ0n) is 38.1. The van der Waals surface area contributed by atoms with Gasteiger partial charge in [-0.25, -0.2) is 14.4 Å². The lowest BCUT2D eigenvalue weighted by molar-refractivity contribution is -0.219. The van der Waals surface area contributed by atoms with Gasteiger partial charge in [0.1, 0.15) is 18.8 Å². The zero-order chi connectivity index (χ0) is 48.3. The first-order valence-corrected chi connectivity index (χ1v) is 22.2. The van der Waals surface area contributed by atoms with Crippen molar-refractivity contribution in [1.82, 2.24) is 0 Å². The van der Waals surface area contributed by atoms with Crippen LogP contribution in [0, 0.1) is 0 Å². The molecule has 2 aliphatic heterocycles. The second-order valence-electron chi connectivity index (χ2n) is 15.8. The normalized spacial score (nSPS) is 22.9. The number of hydrogen-bond acceptors (Lipinski definition) is 18. The van der Waals surface area contributed by atoms with E-state index in [0.29, 0.717) is 6.42 Å². The number of carbonyl (C=O) groups excluding carboxylic acids is 7. The SMILES string of the molecule is CCCCCCCCO[C@@H]1O[C@@H]([C@@H](CO[C@@H]2O[C@@H]([C@@H](COC(C)=O)OC(C)=O)[C@H](OC(C)=O)[C@H]2OC(C)=O)OC(=O)c2ccccc2)[C@H](OC(=O)c2ccccc2)[C@H]1OC(=O)c1ccccc1. The predicted molar refractivity (Wildman–Crippen MR) is 233 cm³/mol. The van der Waals surface area contributed by atoms with Crippen LogP contribution in [0.25, 0.3) is 0 Å². The van der Waals surface area contributed by atoms with Crippen LogP contribution in [0.1, 0.15) is 104 Å². The maximum absolute atomic E-state index is 14.0. The highest BCUT2D eigenvalue weighted by atomic mass is 16.8. The topological polar surface area (TPSA) is 221 Å². The van der Waals surface area contributed by atoms with E-state index in [4.69, 9.17) is 52.1 Å². The van der Waals surface area contributed by atoms with Crippen LogP contribution in [-0.2, 0) is 71.3 Å². The Balaban J connectivity index is 1.55. The molecule has 2 saturated heterocycles. The molecule has 18 nitrogen and oxygen atoms in total. The number of benzene rings is 3. The maximum atomic E-state index is 14.0. The zero-order valence-corrected chi connectivity index (χ0v) is 38.1. The first kappa shape index (κ1) is 51.8. The second kappa shape index (κ2) is 26.2. The van der Waals surface area contributed by atoms with E-state index >= 15 is 0 Å². The molecule has 0 aromatic heterocycles.